The molecule has 2 nitrogen and oxygen atoms in total. The number of carbonyl (C=O) groups excluding carboxylic acids is 1. The predicted octanol–water partition coefficient (Wildman–Crippen LogP) is 4.53. The molecule has 3 heteroatoms. The molecule has 0 aliphatic rings. The number of thiol groups is 1. The first-order valence-electron chi connectivity index (χ1n) is 6.57. The van der Waals surface area contributed by atoms with Crippen molar-refractivity contribution >= 4 is 24.2 Å². The number of nitrogens with one attached hydrogen (secondary N) is 1. The zero-order chi connectivity index (χ0) is 14.8. The van der Waals surface area contributed by atoms with Crippen molar-refractivity contribution in [2.24, 2.45) is 0 Å². The Hall–Kier alpha value is -1.74. The Labute approximate surface area is 125 Å². The molecule has 0 radical (unpaired) electrons. The zero-order valence-corrected chi connectivity index (χ0v) is 12.9. The Balaban J connectivity index is 2.12. The third-order valence-electron chi connectivity index (χ3n) is 3.12. The largest absolute Gasteiger partial charge is 0.322 e. The van der Waals surface area contributed by atoms with Gasteiger partial charge in [0.25, 0.3) is 5.91 Å². The molecule has 1 amide bonds. The predicted molar refractivity (Wildman–Crippen MR) is 86.8 cm³/mol. The summed E-state index contributed by atoms with van der Waals surface area (Å²) in [6, 6.07) is 15.2. The summed E-state index contributed by atoms with van der Waals surface area (Å²) in [7, 11) is 0. The van der Waals surface area contributed by atoms with Gasteiger partial charge in [0.15, 0.2) is 0 Å². The normalized spacial score (nSPS) is 11.2. The van der Waals surface area contributed by atoms with E-state index in [1.807, 2.05) is 36.4 Å². The van der Waals surface area contributed by atoms with Crippen molar-refractivity contribution in [3.05, 3.63) is 59.7 Å². The van der Waals surface area contributed by atoms with Crippen LogP contribution in [0.15, 0.2) is 53.4 Å². The van der Waals surface area contributed by atoms with Gasteiger partial charge in [0.05, 0.1) is 0 Å². The Morgan fingerprint density at radius 3 is 2.25 bits per heavy atom. The van der Waals surface area contributed by atoms with Gasteiger partial charge >= 0.3 is 0 Å². The van der Waals surface area contributed by atoms with E-state index in [2.05, 4.69) is 38.7 Å². The highest BCUT2D eigenvalue weighted by atomic mass is 32.1. The first kappa shape index (κ1) is 14.7. The Morgan fingerprint density at radius 1 is 1.05 bits per heavy atom. The fourth-order valence-electron chi connectivity index (χ4n) is 1.90. The monoisotopic (exact) mass is 285 g/mol. The Kier molecular flexibility index (Phi) is 4.19. The van der Waals surface area contributed by atoms with Gasteiger partial charge in [-0.05, 0) is 41.3 Å². The number of hydrogen-bond donors (Lipinski definition) is 2. The van der Waals surface area contributed by atoms with Crippen molar-refractivity contribution in [2.75, 3.05) is 5.32 Å². The second-order valence-corrected chi connectivity index (χ2v) is 6.35. The van der Waals surface area contributed by atoms with Crippen LogP contribution in [0.25, 0.3) is 0 Å². The molecule has 20 heavy (non-hydrogen) atoms. The second-order valence-electron chi connectivity index (χ2n) is 5.83. The van der Waals surface area contributed by atoms with E-state index >= 15 is 0 Å². The molecule has 0 heterocycles. The SMILES string of the molecule is CC(C)(C)c1ccc(NC(=O)c2cccc(S)c2)cc1. The molecule has 0 aliphatic carbocycles. The van der Waals surface area contributed by atoms with Crippen LogP contribution in [0, 0.1) is 0 Å². The first-order valence-corrected chi connectivity index (χ1v) is 7.02. The van der Waals surface area contributed by atoms with E-state index in [-0.39, 0.29) is 11.3 Å². The number of hydrogen-bond acceptors (Lipinski definition) is 2. The molecule has 0 saturated heterocycles. The van der Waals surface area contributed by atoms with Crippen molar-refractivity contribution in [1.82, 2.24) is 0 Å². The first-order chi connectivity index (χ1) is 9.36. The van der Waals surface area contributed by atoms with Crippen LogP contribution < -0.4 is 5.32 Å². The molecule has 2 rings (SSSR count). The summed E-state index contributed by atoms with van der Waals surface area (Å²) in [5.74, 6) is -0.121. The number of carbonyl (C=O) groups is 1. The highest BCUT2D eigenvalue weighted by molar-refractivity contribution is 7.80. The number of amides is 1. The number of rotatable bonds is 2. The quantitative estimate of drug-likeness (QED) is 0.780. The standard InChI is InChI=1S/C17H19NOS/c1-17(2,3)13-7-9-14(10-8-13)18-16(19)12-5-4-6-15(20)11-12/h4-11,20H,1-3H3,(H,18,19). The molecule has 1 N–H and O–H groups in total. The molecule has 0 fully saturated rings. The Morgan fingerprint density at radius 2 is 1.70 bits per heavy atom. The van der Waals surface area contributed by atoms with E-state index < -0.39 is 0 Å². The topological polar surface area (TPSA) is 29.1 Å². The highest BCUT2D eigenvalue weighted by Gasteiger charge is 2.13. The van der Waals surface area contributed by atoms with Crippen LogP contribution in [-0.4, -0.2) is 5.91 Å². The third-order valence-corrected chi connectivity index (χ3v) is 3.40. The van der Waals surface area contributed by atoms with E-state index in [9.17, 15) is 4.79 Å². The number of benzene rings is 2. The van der Waals surface area contributed by atoms with Crippen LogP contribution in [0.2, 0.25) is 0 Å². The average Bonchev–Trinajstić information content (AvgIpc) is 2.38. The van der Waals surface area contributed by atoms with Gasteiger partial charge in [0.1, 0.15) is 0 Å². The van der Waals surface area contributed by atoms with Crippen LogP contribution in [-0.2, 0) is 5.41 Å². The fraction of sp³-hybridized carbons (Fsp3) is 0.235. The molecule has 0 spiro atoms. The van der Waals surface area contributed by atoms with Crippen LogP contribution in [0.5, 0.6) is 0 Å². The maximum absolute atomic E-state index is 12.1. The summed E-state index contributed by atoms with van der Waals surface area (Å²) in [6.45, 7) is 6.50. The van der Waals surface area contributed by atoms with Crippen molar-refractivity contribution in [3.8, 4) is 0 Å². The third kappa shape index (κ3) is 3.64. The average molecular weight is 285 g/mol. The van der Waals surface area contributed by atoms with Crippen LogP contribution in [0.4, 0.5) is 5.69 Å². The van der Waals surface area contributed by atoms with Gasteiger partial charge in [-0.3, -0.25) is 4.79 Å². The molecule has 0 unspecified atom stereocenters. The molecule has 0 aliphatic heterocycles. The maximum atomic E-state index is 12.1. The molecule has 0 aromatic heterocycles. The van der Waals surface area contributed by atoms with E-state index in [4.69, 9.17) is 0 Å². The maximum Gasteiger partial charge on any atom is 0.255 e. The van der Waals surface area contributed by atoms with Crippen molar-refractivity contribution in [3.63, 3.8) is 0 Å². The minimum absolute atomic E-state index is 0.114. The zero-order valence-electron chi connectivity index (χ0n) is 12.0. The van der Waals surface area contributed by atoms with Crippen LogP contribution >= 0.6 is 12.6 Å². The lowest BCUT2D eigenvalue weighted by Gasteiger charge is -2.19. The number of anilines is 1. The molecule has 0 atom stereocenters. The minimum Gasteiger partial charge on any atom is -0.322 e. The van der Waals surface area contributed by atoms with E-state index in [1.165, 1.54) is 5.56 Å². The summed E-state index contributed by atoms with van der Waals surface area (Å²) in [6.07, 6.45) is 0. The summed E-state index contributed by atoms with van der Waals surface area (Å²) < 4.78 is 0. The van der Waals surface area contributed by atoms with E-state index in [1.54, 1.807) is 12.1 Å². The lowest BCUT2D eigenvalue weighted by Crippen LogP contribution is -2.13. The van der Waals surface area contributed by atoms with Crippen molar-refractivity contribution in [1.29, 1.82) is 0 Å². The second kappa shape index (κ2) is 5.71. The smallest absolute Gasteiger partial charge is 0.255 e. The molecule has 2 aromatic rings. The molecule has 0 bridgehead atoms. The van der Waals surface area contributed by atoms with Gasteiger partial charge in [0.2, 0.25) is 0 Å². The van der Waals surface area contributed by atoms with Crippen molar-refractivity contribution < 1.29 is 4.79 Å². The lowest BCUT2D eigenvalue weighted by atomic mass is 9.87. The highest BCUT2D eigenvalue weighted by Crippen LogP contribution is 2.23. The van der Waals surface area contributed by atoms with Gasteiger partial charge in [-0.1, -0.05) is 39.0 Å². The summed E-state index contributed by atoms with van der Waals surface area (Å²) >= 11 is 4.24. The van der Waals surface area contributed by atoms with Gasteiger partial charge < -0.3 is 5.32 Å². The summed E-state index contributed by atoms with van der Waals surface area (Å²) in [5.41, 5.74) is 2.76. The van der Waals surface area contributed by atoms with Gasteiger partial charge in [-0.25, -0.2) is 0 Å². The Bertz CT molecular complexity index is 612. The summed E-state index contributed by atoms with van der Waals surface area (Å²) in [4.78, 5) is 12.9. The van der Waals surface area contributed by atoms with Crippen molar-refractivity contribution in [2.45, 2.75) is 31.1 Å². The molecule has 0 saturated carbocycles. The fourth-order valence-corrected chi connectivity index (χ4v) is 2.13. The van der Waals surface area contributed by atoms with Crippen LogP contribution in [0.1, 0.15) is 36.7 Å². The summed E-state index contributed by atoms with van der Waals surface area (Å²) in [5, 5.41) is 2.89. The lowest BCUT2D eigenvalue weighted by molar-refractivity contribution is 0.102. The van der Waals surface area contributed by atoms with Gasteiger partial charge in [0, 0.05) is 16.1 Å². The van der Waals surface area contributed by atoms with E-state index in [0.29, 0.717) is 5.56 Å². The molecular weight excluding hydrogens is 266 g/mol. The van der Waals surface area contributed by atoms with E-state index in [0.717, 1.165) is 10.6 Å². The van der Waals surface area contributed by atoms with Crippen LogP contribution in [0.3, 0.4) is 0 Å². The molecule has 104 valence electrons. The molecule has 2 aromatic carbocycles. The van der Waals surface area contributed by atoms with Gasteiger partial charge in [-0.15, -0.1) is 12.6 Å². The molecular formula is C17H19NOS. The van der Waals surface area contributed by atoms with Gasteiger partial charge in [-0.2, -0.15) is 0 Å². The minimum atomic E-state index is -0.121.